The molecule has 1 aromatic rings. The molecule has 0 saturated carbocycles. The van der Waals surface area contributed by atoms with Gasteiger partial charge in [0.25, 0.3) is 0 Å². The first kappa shape index (κ1) is 15.8. The van der Waals surface area contributed by atoms with Crippen LogP contribution in [-0.2, 0) is 6.54 Å². The summed E-state index contributed by atoms with van der Waals surface area (Å²) in [6.45, 7) is 3.97. The van der Waals surface area contributed by atoms with Crippen molar-refractivity contribution in [1.29, 1.82) is 0 Å². The van der Waals surface area contributed by atoms with Crippen LogP contribution in [0.3, 0.4) is 0 Å². The minimum Gasteiger partial charge on any atom is -0.409 e. The number of hydrogen-bond acceptors (Lipinski definition) is 3. The Bertz CT molecular complexity index is 502. The highest BCUT2D eigenvalue weighted by molar-refractivity contribution is 5.98. The highest BCUT2D eigenvalue weighted by Gasteiger charge is 2.23. The van der Waals surface area contributed by atoms with E-state index >= 15 is 0 Å². The monoisotopic (exact) mass is 293 g/mol. The molecular formula is C16H24FN3O. The first-order valence-corrected chi connectivity index (χ1v) is 7.66. The van der Waals surface area contributed by atoms with Crippen molar-refractivity contribution in [1.82, 2.24) is 4.90 Å². The third-order valence-corrected chi connectivity index (χ3v) is 4.20. The molecule has 0 bridgehead atoms. The molecular weight excluding hydrogens is 269 g/mol. The van der Waals surface area contributed by atoms with Crippen LogP contribution in [0.4, 0.5) is 4.39 Å². The zero-order valence-electron chi connectivity index (χ0n) is 12.6. The Morgan fingerprint density at radius 1 is 1.48 bits per heavy atom. The van der Waals surface area contributed by atoms with Crippen molar-refractivity contribution in [3.63, 3.8) is 0 Å². The minimum atomic E-state index is -0.371. The zero-order valence-corrected chi connectivity index (χ0v) is 12.6. The number of nitrogens with zero attached hydrogens (tertiary/aromatic N) is 2. The van der Waals surface area contributed by atoms with Gasteiger partial charge in [-0.05, 0) is 43.5 Å². The molecule has 1 heterocycles. The summed E-state index contributed by atoms with van der Waals surface area (Å²) in [7, 11) is 0. The summed E-state index contributed by atoms with van der Waals surface area (Å²) in [6.07, 6.45) is 6.03. The third kappa shape index (κ3) is 3.94. The molecule has 1 atom stereocenters. The molecule has 0 spiro atoms. The minimum absolute atomic E-state index is 0.0337. The third-order valence-electron chi connectivity index (χ3n) is 4.20. The van der Waals surface area contributed by atoms with Gasteiger partial charge < -0.3 is 10.9 Å². The second-order valence-electron chi connectivity index (χ2n) is 5.70. The number of halogens is 1. The van der Waals surface area contributed by atoms with E-state index in [1.54, 1.807) is 6.07 Å². The van der Waals surface area contributed by atoms with Crippen LogP contribution in [0.2, 0.25) is 0 Å². The Morgan fingerprint density at radius 2 is 2.29 bits per heavy atom. The van der Waals surface area contributed by atoms with Crippen LogP contribution in [0.1, 0.15) is 50.2 Å². The van der Waals surface area contributed by atoms with Gasteiger partial charge in [-0.1, -0.05) is 31.0 Å². The van der Waals surface area contributed by atoms with Gasteiger partial charge in [-0.2, -0.15) is 0 Å². The van der Waals surface area contributed by atoms with Crippen LogP contribution in [0.5, 0.6) is 0 Å². The van der Waals surface area contributed by atoms with Gasteiger partial charge in [-0.25, -0.2) is 4.39 Å². The first-order valence-electron chi connectivity index (χ1n) is 7.66. The molecule has 116 valence electrons. The van der Waals surface area contributed by atoms with Gasteiger partial charge in [-0.3, -0.25) is 4.90 Å². The number of piperidine rings is 1. The van der Waals surface area contributed by atoms with E-state index < -0.39 is 0 Å². The largest absolute Gasteiger partial charge is 0.409 e. The number of nitrogens with two attached hydrogens (primary N) is 1. The molecule has 1 aromatic carbocycles. The summed E-state index contributed by atoms with van der Waals surface area (Å²) >= 11 is 0. The Labute approximate surface area is 125 Å². The van der Waals surface area contributed by atoms with Crippen molar-refractivity contribution in [2.24, 2.45) is 10.9 Å². The summed E-state index contributed by atoms with van der Waals surface area (Å²) in [5, 5.41) is 11.9. The fourth-order valence-electron chi connectivity index (χ4n) is 3.13. The lowest BCUT2D eigenvalue weighted by molar-refractivity contribution is 0.131. The lowest BCUT2D eigenvalue weighted by Gasteiger charge is -2.36. The Kier molecular flexibility index (Phi) is 5.56. The Morgan fingerprint density at radius 3 is 3.00 bits per heavy atom. The molecule has 0 radical (unpaired) electrons. The van der Waals surface area contributed by atoms with Crippen molar-refractivity contribution in [3.8, 4) is 0 Å². The predicted octanol–water partition coefficient (Wildman–Crippen LogP) is 3.07. The highest BCUT2D eigenvalue weighted by atomic mass is 19.1. The van der Waals surface area contributed by atoms with Gasteiger partial charge in [0, 0.05) is 18.2 Å². The van der Waals surface area contributed by atoms with E-state index in [-0.39, 0.29) is 11.7 Å². The standard InChI is InChI=1S/C16H24FN3O/c1-2-5-14-6-3-4-9-20(14)11-12-7-8-13(17)10-15(12)16(18)19-21/h7-8,10,14,21H,2-6,9,11H2,1H3,(H2,18,19). The summed E-state index contributed by atoms with van der Waals surface area (Å²) in [5.74, 6) is -0.405. The smallest absolute Gasteiger partial charge is 0.170 e. The normalized spacial score (nSPS) is 20.7. The molecule has 0 amide bonds. The van der Waals surface area contributed by atoms with Crippen LogP contribution in [0.25, 0.3) is 0 Å². The first-order chi connectivity index (χ1) is 10.2. The lowest BCUT2D eigenvalue weighted by Crippen LogP contribution is -2.39. The van der Waals surface area contributed by atoms with E-state index in [0.717, 1.165) is 25.1 Å². The molecule has 4 nitrogen and oxygen atoms in total. The molecule has 21 heavy (non-hydrogen) atoms. The molecule has 1 saturated heterocycles. The zero-order chi connectivity index (χ0) is 15.2. The van der Waals surface area contributed by atoms with E-state index in [4.69, 9.17) is 10.9 Å². The van der Waals surface area contributed by atoms with E-state index in [2.05, 4.69) is 17.0 Å². The molecule has 2 rings (SSSR count). The Hall–Kier alpha value is -1.62. The number of oxime groups is 1. The molecule has 0 aromatic heterocycles. The predicted molar refractivity (Wildman–Crippen MR) is 81.9 cm³/mol. The summed E-state index contributed by atoms with van der Waals surface area (Å²) in [6, 6.07) is 5.08. The average Bonchev–Trinajstić information content (AvgIpc) is 2.50. The van der Waals surface area contributed by atoms with Crippen LogP contribution in [0.15, 0.2) is 23.4 Å². The molecule has 1 fully saturated rings. The number of benzene rings is 1. The summed E-state index contributed by atoms with van der Waals surface area (Å²) < 4.78 is 13.4. The number of rotatable bonds is 5. The molecule has 1 unspecified atom stereocenters. The second-order valence-corrected chi connectivity index (χ2v) is 5.70. The fourth-order valence-corrected chi connectivity index (χ4v) is 3.13. The maximum absolute atomic E-state index is 13.4. The van der Waals surface area contributed by atoms with Crippen LogP contribution in [-0.4, -0.2) is 28.5 Å². The quantitative estimate of drug-likeness (QED) is 0.379. The fraction of sp³-hybridized carbons (Fsp3) is 0.562. The van der Waals surface area contributed by atoms with Crippen LogP contribution < -0.4 is 5.73 Å². The highest BCUT2D eigenvalue weighted by Crippen LogP contribution is 2.24. The molecule has 5 heteroatoms. The van der Waals surface area contributed by atoms with Gasteiger partial charge in [-0.15, -0.1) is 0 Å². The number of amidine groups is 1. The Balaban J connectivity index is 2.21. The summed E-state index contributed by atoms with van der Waals surface area (Å²) in [4.78, 5) is 2.44. The maximum Gasteiger partial charge on any atom is 0.170 e. The SMILES string of the molecule is CCCC1CCCCN1Cc1ccc(F)cc1/C(N)=N/O. The van der Waals surface area contributed by atoms with Gasteiger partial charge in [0.1, 0.15) is 5.82 Å². The van der Waals surface area contributed by atoms with E-state index in [0.29, 0.717) is 11.6 Å². The van der Waals surface area contributed by atoms with Gasteiger partial charge in [0.2, 0.25) is 0 Å². The van der Waals surface area contributed by atoms with Gasteiger partial charge in [0.15, 0.2) is 5.84 Å². The van der Waals surface area contributed by atoms with E-state index in [9.17, 15) is 4.39 Å². The van der Waals surface area contributed by atoms with Crippen molar-refractivity contribution in [2.45, 2.75) is 51.6 Å². The van der Waals surface area contributed by atoms with Gasteiger partial charge >= 0.3 is 0 Å². The molecule has 3 N–H and O–H groups in total. The average molecular weight is 293 g/mol. The van der Waals surface area contributed by atoms with Crippen molar-refractivity contribution >= 4 is 5.84 Å². The second kappa shape index (κ2) is 7.41. The van der Waals surface area contributed by atoms with E-state index in [1.807, 2.05) is 0 Å². The van der Waals surface area contributed by atoms with Crippen LogP contribution >= 0.6 is 0 Å². The lowest BCUT2D eigenvalue weighted by atomic mass is 9.96. The molecule has 0 aliphatic carbocycles. The van der Waals surface area contributed by atoms with Crippen molar-refractivity contribution in [3.05, 3.63) is 35.1 Å². The van der Waals surface area contributed by atoms with Gasteiger partial charge in [0.05, 0.1) is 0 Å². The number of likely N-dealkylation sites (tertiary alicyclic amines) is 1. The summed E-state index contributed by atoms with van der Waals surface area (Å²) in [5.41, 5.74) is 7.07. The maximum atomic E-state index is 13.4. The molecule has 1 aliphatic heterocycles. The van der Waals surface area contributed by atoms with E-state index in [1.165, 1.54) is 37.8 Å². The van der Waals surface area contributed by atoms with Crippen LogP contribution in [0, 0.1) is 5.82 Å². The topological polar surface area (TPSA) is 61.8 Å². The number of hydrogen-bond donors (Lipinski definition) is 2. The van der Waals surface area contributed by atoms with Crippen molar-refractivity contribution < 1.29 is 9.60 Å². The van der Waals surface area contributed by atoms with Crippen molar-refractivity contribution in [2.75, 3.05) is 6.54 Å². The molecule has 1 aliphatic rings.